The molecule has 1 aliphatic rings. The number of aliphatic hydroxyl groups excluding tert-OH is 1. The molecule has 1 saturated heterocycles. The van der Waals surface area contributed by atoms with Crippen molar-refractivity contribution in [3.05, 3.63) is 21.3 Å². The number of aliphatic hydroxyl groups is 1. The van der Waals surface area contributed by atoms with Crippen LogP contribution in [0.5, 0.6) is 0 Å². The first kappa shape index (κ1) is 15.8. The largest absolute Gasteiger partial charge is 0.387 e. The van der Waals surface area contributed by atoms with Gasteiger partial charge in [-0.3, -0.25) is 9.69 Å². The number of nitrogens with zero attached hydrogens (tertiary/aromatic N) is 1. The fraction of sp³-hybridized carbons (Fsp3) is 0.643. The highest BCUT2D eigenvalue weighted by atomic mass is 35.5. The minimum atomic E-state index is -0.443. The summed E-state index contributed by atoms with van der Waals surface area (Å²) in [6.07, 6.45) is 0. The van der Waals surface area contributed by atoms with Crippen LogP contribution in [0.4, 0.5) is 0 Å². The SMILES string of the molecule is CC(C)[C@H]1CN(Cc2ccc(Cl)s2)C[C@@H]1NC(=O)CO. The lowest BCUT2D eigenvalue weighted by Gasteiger charge is -2.22. The van der Waals surface area contributed by atoms with Gasteiger partial charge in [0.2, 0.25) is 5.91 Å². The number of carbonyl (C=O) groups excluding carboxylic acids is 1. The van der Waals surface area contributed by atoms with Gasteiger partial charge in [-0.15, -0.1) is 11.3 Å². The van der Waals surface area contributed by atoms with Crippen LogP contribution in [0.3, 0.4) is 0 Å². The zero-order chi connectivity index (χ0) is 14.7. The minimum Gasteiger partial charge on any atom is -0.387 e. The van der Waals surface area contributed by atoms with Crippen molar-refractivity contribution >= 4 is 28.8 Å². The Hall–Kier alpha value is -0.620. The molecule has 4 nitrogen and oxygen atoms in total. The first-order valence-electron chi connectivity index (χ1n) is 6.86. The molecule has 112 valence electrons. The van der Waals surface area contributed by atoms with Gasteiger partial charge in [-0.1, -0.05) is 25.4 Å². The summed E-state index contributed by atoms with van der Waals surface area (Å²) in [7, 11) is 0. The molecule has 2 rings (SSSR count). The van der Waals surface area contributed by atoms with Crippen LogP contribution >= 0.6 is 22.9 Å². The topological polar surface area (TPSA) is 52.6 Å². The number of likely N-dealkylation sites (tertiary alicyclic amines) is 1. The molecule has 0 saturated carbocycles. The Balaban J connectivity index is 1.98. The van der Waals surface area contributed by atoms with Gasteiger partial charge in [0.05, 0.1) is 4.34 Å². The van der Waals surface area contributed by atoms with E-state index in [1.165, 1.54) is 4.88 Å². The molecule has 1 fully saturated rings. The Kier molecular flexibility index (Phi) is 5.43. The van der Waals surface area contributed by atoms with Crippen LogP contribution < -0.4 is 5.32 Å². The fourth-order valence-corrected chi connectivity index (χ4v) is 3.91. The van der Waals surface area contributed by atoms with E-state index >= 15 is 0 Å². The average molecular weight is 317 g/mol. The number of hydrogen-bond donors (Lipinski definition) is 2. The van der Waals surface area contributed by atoms with Crippen LogP contribution in [0.1, 0.15) is 18.7 Å². The van der Waals surface area contributed by atoms with Crippen molar-refractivity contribution in [3.8, 4) is 0 Å². The van der Waals surface area contributed by atoms with E-state index < -0.39 is 6.61 Å². The van der Waals surface area contributed by atoms with E-state index in [1.807, 2.05) is 6.07 Å². The molecule has 1 aliphatic heterocycles. The summed E-state index contributed by atoms with van der Waals surface area (Å²) >= 11 is 7.56. The molecule has 0 aromatic carbocycles. The van der Waals surface area contributed by atoms with E-state index in [-0.39, 0.29) is 11.9 Å². The molecule has 1 amide bonds. The molecule has 2 atom stereocenters. The second kappa shape index (κ2) is 6.89. The highest BCUT2D eigenvalue weighted by Crippen LogP contribution is 2.28. The Labute approximate surface area is 128 Å². The minimum absolute atomic E-state index is 0.116. The first-order valence-corrected chi connectivity index (χ1v) is 8.06. The Morgan fingerprint density at radius 3 is 2.85 bits per heavy atom. The highest BCUT2D eigenvalue weighted by Gasteiger charge is 2.35. The van der Waals surface area contributed by atoms with Crippen LogP contribution in [0.25, 0.3) is 0 Å². The molecule has 1 aromatic rings. The van der Waals surface area contributed by atoms with Crippen molar-refractivity contribution in [2.45, 2.75) is 26.4 Å². The van der Waals surface area contributed by atoms with Gasteiger partial charge < -0.3 is 10.4 Å². The molecule has 2 heterocycles. The summed E-state index contributed by atoms with van der Waals surface area (Å²) in [6, 6.07) is 4.09. The molecule has 0 radical (unpaired) electrons. The lowest BCUT2D eigenvalue weighted by atomic mass is 9.91. The van der Waals surface area contributed by atoms with E-state index in [1.54, 1.807) is 11.3 Å². The fourth-order valence-electron chi connectivity index (χ4n) is 2.78. The smallest absolute Gasteiger partial charge is 0.245 e. The van der Waals surface area contributed by atoms with Crippen molar-refractivity contribution < 1.29 is 9.90 Å². The van der Waals surface area contributed by atoms with Gasteiger partial charge in [-0.2, -0.15) is 0 Å². The van der Waals surface area contributed by atoms with Gasteiger partial charge >= 0.3 is 0 Å². The maximum Gasteiger partial charge on any atom is 0.245 e. The molecular weight excluding hydrogens is 296 g/mol. The number of hydrogen-bond acceptors (Lipinski definition) is 4. The highest BCUT2D eigenvalue weighted by molar-refractivity contribution is 7.16. The monoisotopic (exact) mass is 316 g/mol. The maximum absolute atomic E-state index is 11.4. The average Bonchev–Trinajstić information content (AvgIpc) is 2.96. The van der Waals surface area contributed by atoms with Crippen LogP contribution in [-0.4, -0.2) is 41.7 Å². The molecule has 0 spiro atoms. The number of halogens is 1. The zero-order valence-corrected chi connectivity index (χ0v) is 13.4. The predicted molar refractivity (Wildman–Crippen MR) is 82.0 cm³/mol. The number of thiophene rings is 1. The summed E-state index contributed by atoms with van der Waals surface area (Å²) in [4.78, 5) is 15.0. The lowest BCUT2D eigenvalue weighted by Crippen LogP contribution is -2.43. The molecule has 0 unspecified atom stereocenters. The van der Waals surface area contributed by atoms with Gasteiger partial charge in [0.25, 0.3) is 0 Å². The number of rotatable bonds is 5. The summed E-state index contributed by atoms with van der Waals surface area (Å²) in [5.74, 6) is 0.624. The summed E-state index contributed by atoms with van der Waals surface area (Å²) in [5, 5.41) is 11.8. The van der Waals surface area contributed by atoms with Gasteiger partial charge in [-0.25, -0.2) is 0 Å². The lowest BCUT2D eigenvalue weighted by molar-refractivity contribution is -0.124. The van der Waals surface area contributed by atoms with Gasteiger partial charge in [-0.05, 0) is 24.0 Å². The van der Waals surface area contributed by atoms with E-state index in [0.717, 1.165) is 24.0 Å². The van der Waals surface area contributed by atoms with Crippen molar-refractivity contribution in [2.75, 3.05) is 19.7 Å². The van der Waals surface area contributed by atoms with Crippen LogP contribution in [0.2, 0.25) is 4.34 Å². The van der Waals surface area contributed by atoms with E-state index in [4.69, 9.17) is 16.7 Å². The Morgan fingerprint density at radius 1 is 1.55 bits per heavy atom. The summed E-state index contributed by atoms with van der Waals surface area (Å²) in [5.41, 5.74) is 0. The summed E-state index contributed by atoms with van der Waals surface area (Å²) in [6.45, 7) is 6.56. The molecule has 2 N–H and O–H groups in total. The van der Waals surface area contributed by atoms with Gasteiger partial charge in [0.1, 0.15) is 6.61 Å². The quantitative estimate of drug-likeness (QED) is 0.873. The third-order valence-electron chi connectivity index (χ3n) is 3.80. The predicted octanol–water partition coefficient (Wildman–Crippen LogP) is 1.97. The molecule has 1 aromatic heterocycles. The van der Waals surface area contributed by atoms with Gasteiger partial charge in [0, 0.05) is 30.6 Å². The first-order chi connectivity index (χ1) is 9.49. The van der Waals surface area contributed by atoms with E-state index in [0.29, 0.717) is 11.8 Å². The maximum atomic E-state index is 11.4. The van der Waals surface area contributed by atoms with Crippen LogP contribution in [-0.2, 0) is 11.3 Å². The Morgan fingerprint density at radius 2 is 2.30 bits per heavy atom. The van der Waals surface area contributed by atoms with Crippen molar-refractivity contribution in [2.24, 2.45) is 11.8 Å². The molecule has 6 heteroatoms. The van der Waals surface area contributed by atoms with Gasteiger partial charge in [0.15, 0.2) is 0 Å². The van der Waals surface area contributed by atoms with Crippen molar-refractivity contribution in [1.29, 1.82) is 0 Å². The van der Waals surface area contributed by atoms with Crippen molar-refractivity contribution in [1.82, 2.24) is 10.2 Å². The molecular formula is C14H21ClN2O2S. The van der Waals surface area contributed by atoms with E-state index in [9.17, 15) is 4.79 Å². The standard InChI is InChI=1S/C14H21ClN2O2S/c1-9(2)11-6-17(5-10-3-4-13(15)20-10)7-12(11)16-14(19)8-18/h3-4,9,11-12,18H,5-8H2,1-2H3,(H,16,19)/t11-,12+/m1/s1. The number of amides is 1. The third-order valence-corrected chi connectivity index (χ3v) is 5.01. The van der Waals surface area contributed by atoms with Crippen molar-refractivity contribution in [3.63, 3.8) is 0 Å². The normalized spacial score (nSPS) is 23.4. The van der Waals surface area contributed by atoms with Crippen LogP contribution in [0.15, 0.2) is 12.1 Å². The third kappa shape index (κ3) is 3.95. The van der Waals surface area contributed by atoms with E-state index in [2.05, 4.69) is 30.1 Å². The zero-order valence-electron chi connectivity index (χ0n) is 11.8. The molecule has 0 aliphatic carbocycles. The second-order valence-electron chi connectivity index (χ2n) is 5.64. The van der Waals surface area contributed by atoms with Crippen LogP contribution in [0, 0.1) is 11.8 Å². The number of carbonyl (C=O) groups is 1. The molecule has 0 bridgehead atoms. The summed E-state index contributed by atoms with van der Waals surface area (Å²) < 4.78 is 0.810. The second-order valence-corrected chi connectivity index (χ2v) is 7.44. The number of nitrogens with one attached hydrogen (secondary N) is 1. The molecule has 20 heavy (non-hydrogen) atoms. The Bertz CT molecular complexity index is 464.